The quantitative estimate of drug-likeness (QED) is 0.925. The maximum atomic E-state index is 13.1. The summed E-state index contributed by atoms with van der Waals surface area (Å²) in [5.74, 6) is 1.17. The van der Waals surface area contributed by atoms with Crippen LogP contribution in [0.2, 0.25) is 0 Å². The number of rotatable bonds is 3. The van der Waals surface area contributed by atoms with Crippen LogP contribution in [-0.2, 0) is 10.2 Å². The van der Waals surface area contributed by atoms with E-state index in [9.17, 15) is 9.18 Å². The van der Waals surface area contributed by atoms with E-state index in [1.807, 2.05) is 4.90 Å². The summed E-state index contributed by atoms with van der Waals surface area (Å²) in [4.78, 5) is 14.9. The Kier molecular flexibility index (Phi) is 2.86. The van der Waals surface area contributed by atoms with E-state index in [0.717, 1.165) is 30.9 Å². The first-order valence-corrected chi connectivity index (χ1v) is 7.91. The molecular weight excluding hydrogens is 267 g/mol. The van der Waals surface area contributed by atoms with Crippen molar-refractivity contribution in [2.45, 2.75) is 37.1 Å². The SMILES string of the molecule is N[C@H]1CN(C(=O)C2(c3ccc(F)cc3)CC2)C[C@@H]1C1CC1. The van der Waals surface area contributed by atoms with E-state index in [2.05, 4.69) is 0 Å². The fraction of sp³-hybridized carbons (Fsp3) is 0.588. The molecule has 2 atom stereocenters. The molecule has 0 aromatic heterocycles. The van der Waals surface area contributed by atoms with Crippen LogP contribution in [0.25, 0.3) is 0 Å². The number of halogens is 1. The van der Waals surface area contributed by atoms with Crippen LogP contribution in [0.1, 0.15) is 31.2 Å². The zero-order valence-corrected chi connectivity index (χ0v) is 12.1. The van der Waals surface area contributed by atoms with Gasteiger partial charge in [0.05, 0.1) is 5.41 Å². The summed E-state index contributed by atoms with van der Waals surface area (Å²) in [5, 5.41) is 0. The van der Waals surface area contributed by atoms with E-state index >= 15 is 0 Å². The zero-order chi connectivity index (χ0) is 14.6. The third-order valence-electron chi connectivity index (χ3n) is 5.48. The number of amides is 1. The zero-order valence-electron chi connectivity index (χ0n) is 12.1. The third-order valence-corrected chi connectivity index (χ3v) is 5.48. The molecule has 1 aromatic rings. The molecule has 112 valence electrons. The second kappa shape index (κ2) is 4.54. The smallest absolute Gasteiger partial charge is 0.233 e. The van der Waals surface area contributed by atoms with Crippen molar-refractivity contribution in [2.75, 3.05) is 13.1 Å². The summed E-state index contributed by atoms with van der Waals surface area (Å²) >= 11 is 0. The highest BCUT2D eigenvalue weighted by Crippen LogP contribution is 2.51. The largest absolute Gasteiger partial charge is 0.340 e. The van der Waals surface area contributed by atoms with Gasteiger partial charge in [-0.15, -0.1) is 0 Å². The summed E-state index contributed by atoms with van der Waals surface area (Å²) in [7, 11) is 0. The van der Waals surface area contributed by atoms with Crippen molar-refractivity contribution in [3.63, 3.8) is 0 Å². The summed E-state index contributed by atoms with van der Waals surface area (Å²) in [6, 6.07) is 6.55. The maximum Gasteiger partial charge on any atom is 0.233 e. The average Bonchev–Trinajstić information content (AvgIpc) is 3.38. The lowest BCUT2D eigenvalue weighted by molar-refractivity contribution is -0.133. The third kappa shape index (κ3) is 2.16. The van der Waals surface area contributed by atoms with Crippen molar-refractivity contribution in [3.05, 3.63) is 35.6 Å². The van der Waals surface area contributed by atoms with Gasteiger partial charge in [-0.05, 0) is 55.2 Å². The first-order valence-electron chi connectivity index (χ1n) is 7.91. The average molecular weight is 288 g/mol. The molecule has 4 heteroatoms. The highest BCUT2D eigenvalue weighted by atomic mass is 19.1. The molecule has 2 aliphatic carbocycles. The van der Waals surface area contributed by atoms with Crippen molar-refractivity contribution < 1.29 is 9.18 Å². The molecule has 1 saturated heterocycles. The highest BCUT2D eigenvalue weighted by Gasteiger charge is 2.55. The van der Waals surface area contributed by atoms with Crippen LogP contribution < -0.4 is 5.73 Å². The molecule has 0 bridgehead atoms. The van der Waals surface area contributed by atoms with Crippen LogP contribution in [0.5, 0.6) is 0 Å². The van der Waals surface area contributed by atoms with Crippen LogP contribution in [0.15, 0.2) is 24.3 Å². The van der Waals surface area contributed by atoms with E-state index in [4.69, 9.17) is 5.73 Å². The van der Waals surface area contributed by atoms with Gasteiger partial charge in [0.25, 0.3) is 0 Å². The van der Waals surface area contributed by atoms with Crippen molar-refractivity contribution in [1.29, 1.82) is 0 Å². The first-order chi connectivity index (χ1) is 10.1. The minimum absolute atomic E-state index is 0.130. The van der Waals surface area contributed by atoms with Gasteiger partial charge in [0.1, 0.15) is 5.82 Å². The summed E-state index contributed by atoms with van der Waals surface area (Å²) in [6.07, 6.45) is 4.28. The van der Waals surface area contributed by atoms with Crippen LogP contribution >= 0.6 is 0 Å². The summed E-state index contributed by atoms with van der Waals surface area (Å²) in [5.41, 5.74) is 6.79. The Bertz CT molecular complexity index is 563. The standard InChI is InChI=1S/C17H21FN2O/c18-13-5-3-12(4-6-13)17(7-8-17)16(21)20-9-14(11-1-2-11)15(19)10-20/h3-6,11,14-15H,1-2,7-10,19H2/t14-,15+/m1/s1. The lowest BCUT2D eigenvalue weighted by atomic mass is 9.94. The Balaban J connectivity index is 1.53. The van der Waals surface area contributed by atoms with Crippen molar-refractivity contribution in [2.24, 2.45) is 17.6 Å². The molecule has 3 fully saturated rings. The molecule has 0 spiro atoms. The van der Waals surface area contributed by atoms with E-state index in [-0.39, 0.29) is 17.8 Å². The van der Waals surface area contributed by atoms with Gasteiger partial charge in [-0.1, -0.05) is 12.1 Å². The van der Waals surface area contributed by atoms with Gasteiger partial charge in [0, 0.05) is 19.1 Å². The Morgan fingerprint density at radius 1 is 1.19 bits per heavy atom. The van der Waals surface area contributed by atoms with Gasteiger partial charge in [0.15, 0.2) is 0 Å². The van der Waals surface area contributed by atoms with E-state index in [1.165, 1.54) is 25.0 Å². The number of carbonyl (C=O) groups excluding carboxylic acids is 1. The number of nitrogens with two attached hydrogens (primary N) is 1. The second-order valence-corrected chi connectivity index (χ2v) is 6.96. The minimum atomic E-state index is -0.397. The molecule has 3 nitrogen and oxygen atoms in total. The Labute approximate surface area is 124 Å². The van der Waals surface area contributed by atoms with Gasteiger partial charge >= 0.3 is 0 Å². The maximum absolute atomic E-state index is 13.1. The summed E-state index contributed by atoms with van der Waals surface area (Å²) < 4.78 is 13.1. The van der Waals surface area contributed by atoms with Gasteiger partial charge in [-0.3, -0.25) is 4.79 Å². The molecule has 2 saturated carbocycles. The molecule has 2 N–H and O–H groups in total. The number of nitrogens with zero attached hydrogens (tertiary/aromatic N) is 1. The number of carbonyl (C=O) groups is 1. The van der Waals surface area contributed by atoms with E-state index < -0.39 is 5.41 Å². The number of benzene rings is 1. The van der Waals surface area contributed by atoms with Gasteiger partial charge in [-0.25, -0.2) is 4.39 Å². The Hall–Kier alpha value is -1.42. The number of hydrogen-bond donors (Lipinski definition) is 1. The fourth-order valence-corrected chi connectivity index (χ4v) is 3.87. The van der Waals surface area contributed by atoms with Crippen LogP contribution in [0.3, 0.4) is 0 Å². The normalized spacial score (nSPS) is 30.5. The summed E-state index contributed by atoms with van der Waals surface area (Å²) in [6.45, 7) is 1.50. The van der Waals surface area contributed by atoms with Crippen molar-refractivity contribution in [1.82, 2.24) is 4.90 Å². The second-order valence-electron chi connectivity index (χ2n) is 6.96. The van der Waals surface area contributed by atoms with Gasteiger partial charge in [-0.2, -0.15) is 0 Å². The van der Waals surface area contributed by atoms with E-state index in [1.54, 1.807) is 12.1 Å². The molecule has 0 radical (unpaired) electrons. The minimum Gasteiger partial charge on any atom is -0.340 e. The van der Waals surface area contributed by atoms with Crippen LogP contribution in [-0.4, -0.2) is 29.9 Å². The van der Waals surface area contributed by atoms with E-state index in [0.29, 0.717) is 12.5 Å². The van der Waals surface area contributed by atoms with Crippen LogP contribution in [0.4, 0.5) is 4.39 Å². The lowest BCUT2D eigenvalue weighted by Crippen LogP contribution is -2.39. The number of hydrogen-bond acceptors (Lipinski definition) is 2. The molecular formula is C17H21FN2O. The van der Waals surface area contributed by atoms with Crippen molar-refractivity contribution in [3.8, 4) is 0 Å². The fourth-order valence-electron chi connectivity index (χ4n) is 3.87. The molecule has 21 heavy (non-hydrogen) atoms. The van der Waals surface area contributed by atoms with Gasteiger partial charge < -0.3 is 10.6 Å². The monoisotopic (exact) mass is 288 g/mol. The molecule has 1 heterocycles. The van der Waals surface area contributed by atoms with Gasteiger partial charge in [0.2, 0.25) is 5.91 Å². The lowest BCUT2D eigenvalue weighted by Gasteiger charge is -2.23. The highest BCUT2D eigenvalue weighted by molar-refractivity contribution is 5.91. The number of likely N-dealkylation sites (tertiary alicyclic amines) is 1. The molecule has 4 rings (SSSR count). The van der Waals surface area contributed by atoms with Crippen molar-refractivity contribution >= 4 is 5.91 Å². The topological polar surface area (TPSA) is 46.3 Å². The molecule has 1 amide bonds. The van der Waals surface area contributed by atoms with Crippen LogP contribution in [0, 0.1) is 17.7 Å². The predicted molar refractivity (Wildman–Crippen MR) is 78.1 cm³/mol. The molecule has 1 aromatic carbocycles. The first kappa shape index (κ1) is 13.3. The molecule has 3 aliphatic rings. The Morgan fingerprint density at radius 3 is 2.43 bits per heavy atom. The molecule has 1 aliphatic heterocycles. The molecule has 0 unspecified atom stereocenters. The predicted octanol–water partition coefficient (Wildman–Crippen LogP) is 2.05. The Morgan fingerprint density at radius 2 is 1.86 bits per heavy atom.